The van der Waals surface area contributed by atoms with Gasteiger partial charge in [0.15, 0.2) is 0 Å². The monoisotopic (exact) mass is 412 g/mol. The van der Waals surface area contributed by atoms with Gasteiger partial charge >= 0.3 is 0 Å². The standard InChI is InChI=1S/C27H40O3/c1-18(2)26(28,19(3)4)23-14-24(27(29,20(5)6)21(7)8)16-25(15-23)30-17-22-12-10-9-11-13-22/h9-16,18-21,28-29H,17H2,1-8H3. The lowest BCUT2D eigenvalue weighted by Crippen LogP contribution is -2.40. The molecule has 0 heterocycles. The zero-order valence-corrected chi connectivity index (χ0v) is 19.9. The van der Waals surface area contributed by atoms with E-state index in [1.54, 1.807) is 0 Å². The Morgan fingerprint density at radius 1 is 0.667 bits per heavy atom. The molecule has 3 nitrogen and oxygen atoms in total. The van der Waals surface area contributed by atoms with Gasteiger partial charge in [0.25, 0.3) is 0 Å². The lowest BCUT2D eigenvalue weighted by atomic mass is 9.71. The first-order valence-corrected chi connectivity index (χ1v) is 11.2. The Balaban J connectivity index is 2.61. The molecule has 0 spiro atoms. The van der Waals surface area contributed by atoms with E-state index < -0.39 is 11.2 Å². The summed E-state index contributed by atoms with van der Waals surface area (Å²) in [5.41, 5.74) is 0.641. The quantitative estimate of drug-likeness (QED) is 0.511. The average molecular weight is 413 g/mol. The zero-order chi connectivity index (χ0) is 22.7. The minimum Gasteiger partial charge on any atom is -0.489 e. The van der Waals surface area contributed by atoms with Crippen LogP contribution in [0.3, 0.4) is 0 Å². The number of ether oxygens (including phenoxy) is 1. The van der Waals surface area contributed by atoms with Gasteiger partial charge in [0.1, 0.15) is 12.4 Å². The Kier molecular flexibility index (Phi) is 7.76. The molecule has 2 rings (SSSR count). The van der Waals surface area contributed by atoms with Crippen LogP contribution in [0.25, 0.3) is 0 Å². The Bertz CT molecular complexity index is 746. The van der Waals surface area contributed by atoms with E-state index in [9.17, 15) is 10.2 Å². The van der Waals surface area contributed by atoms with Crippen LogP contribution in [0.1, 0.15) is 72.1 Å². The molecule has 166 valence electrons. The van der Waals surface area contributed by atoms with Crippen molar-refractivity contribution in [3.05, 3.63) is 65.2 Å². The van der Waals surface area contributed by atoms with Gasteiger partial charge in [-0.25, -0.2) is 0 Å². The first kappa shape index (κ1) is 24.4. The SMILES string of the molecule is CC(C)C(O)(c1cc(OCc2ccccc2)cc(C(O)(C(C)C)C(C)C)c1)C(C)C. The maximum Gasteiger partial charge on any atom is 0.120 e. The van der Waals surface area contributed by atoms with E-state index in [0.29, 0.717) is 12.4 Å². The van der Waals surface area contributed by atoms with Crippen LogP contribution in [0.5, 0.6) is 5.75 Å². The summed E-state index contributed by atoms with van der Waals surface area (Å²) >= 11 is 0. The van der Waals surface area contributed by atoms with Crippen molar-refractivity contribution in [1.82, 2.24) is 0 Å². The minimum atomic E-state index is -1.02. The zero-order valence-electron chi connectivity index (χ0n) is 19.9. The first-order chi connectivity index (χ1) is 13.9. The third kappa shape index (κ3) is 4.73. The van der Waals surface area contributed by atoms with Gasteiger partial charge in [0, 0.05) is 0 Å². The van der Waals surface area contributed by atoms with Crippen LogP contribution in [-0.4, -0.2) is 10.2 Å². The molecule has 0 bridgehead atoms. The van der Waals surface area contributed by atoms with E-state index in [2.05, 4.69) is 0 Å². The Labute approximate surface area is 183 Å². The number of aliphatic hydroxyl groups is 2. The molecule has 0 fully saturated rings. The van der Waals surface area contributed by atoms with E-state index in [0.717, 1.165) is 16.7 Å². The maximum absolute atomic E-state index is 11.7. The fourth-order valence-corrected chi connectivity index (χ4v) is 4.55. The highest BCUT2D eigenvalue weighted by atomic mass is 16.5. The lowest BCUT2D eigenvalue weighted by molar-refractivity contribution is -0.0596. The van der Waals surface area contributed by atoms with Crippen LogP contribution in [0.15, 0.2) is 48.5 Å². The highest BCUT2D eigenvalue weighted by Crippen LogP contribution is 2.43. The molecular weight excluding hydrogens is 372 g/mol. The molecule has 0 unspecified atom stereocenters. The minimum absolute atomic E-state index is 0.0147. The molecule has 0 amide bonds. The molecule has 2 aromatic rings. The van der Waals surface area contributed by atoms with Gasteiger partial charge in [-0.1, -0.05) is 85.7 Å². The third-order valence-electron chi connectivity index (χ3n) is 6.60. The summed E-state index contributed by atoms with van der Waals surface area (Å²) < 4.78 is 6.16. The molecule has 30 heavy (non-hydrogen) atoms. The van der Waals surface area contributed by atoms with Crippen LogP contribution in [0.4, 0.5) is 0 Å². The van der Waals surface area contributed by atoms with Crippen LogP contribution < -0.4 is 4.74 Å². The maximum atomic E-state index is 11.7. The molecule has 0 saturated heterocycles. The predicted molar refractivity (Wildman–Crippen MR) is 124 cm³/mol. The van der Waals surface area contributed by atoms with Gasteiger partial charge in [0.05, 0.1) is 11.2 Å². The smallest absolute Gasteiger partial charge is 0.120 e. The highest BCUT2D eigenvalue weighted by Gasteiger charge is 2.41. The molecular formula is C27H40O3. The molecule has 2 aromatic carbocycles. The van der Waals surface area contributed by atoms with E-state index in [1.807, 2.05) is 104 Å². The Morgan fingerprint density at radius 2 is 1.07 bits per heavy atom. The summed E-state index contributed by atoms with van der Waals surface area (Å²) in [7, 11) is 0. The summed E-state index contributed by atoms with van der Waals surface area (Å²) in [6.07, 6.45) is 0. The van der Waals surface area contributed by atoms with Crippen molar-refractivity contribution in [2.24, 2.45) is 23.7 Å². The van der Waals surface area contributed by atoms with Crippen molar-refractivity contribution in [2.45, 2.75) is 73.2 Å². The summed E-state index contributed by atoms with van der Waals surface area (Å²) in [6, 6.07) is 15.9. The van der Waals surface area contributed by atoms with Crippen LogP contribution in [-0.2, 0) is 17.8 Å². The second-order valence-electron chi connectivity index (χ2n) is 9.79. The van der Waals surface area contributed by atoms with Gasteiger partial charge in [-0.2, -0.15) is 0 Å². The summed E-state index contributed by atoms with van der Waals surface area (Å²) in [6.45, 7) is 16.7. The van der Waals surface area contributed by atoms with E-state index >= 15 is 0 Å². The van der Waals surface area contributed by atoms with E-state index in [-0.39, 0.29) is 23.7 Å². The second kappa shape index (κ2) is 9.53. The molecule has 0 atom stereocenters. The van der Waals surface area contributed by atoms with Crippen LogP contribution >= 0.6 is 0 Å². The fourth-order valence-electron chi connectivity index (χ4n) is 4.55. The Hall–Kier alpha value is -1.84. The average Bonchev–Trinajstić information content (AvgIpc) is 2.70. The first-order valence-electron chi connectivity index (χ1n) is 11.2. The predicted octanol–water partition coefficient (Wildman–Crippen LogP) is 6.26. The van der Waals surface area contributed by atoms with Crippen molar-refractivity contribution in [2.75, 3.05) is 0 Å². The van der Waals surface area contributed by atoms with Gasteiger partial charge in [-0.05, 0) is 58.6 Å². The topological polar surface area (TPSA) is 49.7 Å². The molecule has 2 N–H and O–H groups in total. The fraction of sp³-hybridized carbons (Fsp3) is 0.556. The molecule has 0 saturated carbocycles. The molecule has 3 heteroatoms. The molecule has 0 aliphatic heterocycles. The van der Waals surface area contributed by atoms with Crippen molar-refractivity contribution >= 4 is 0 Å². The molecule has 0 aliphatic rings. The molecule has 0 aliphatic carbocycles. The van der Waals surface area contributed by atoms with Gasteiger partial charge < -0.3 is 14.9 Å². The van der Waals surface area contributed by atoms with Gasteiger partial charge in [-0.3, -0.25) is 0 Å². The summed E-state index contributed by atoms with van der Waals surface area (Å²) in [5.74, 6) is 0.731. The van der Waals surface area contributed by atoms with Gasteiger partial charge in [-0.15, -0.1) is 0 Å². The third-order valence-corrected chi connectivity index (χ3v) is 6.60. The van der Waals surface area contributed by atoms with Crippen LogP contribution in [0, 0.1) is 23.7 Å². The number of rotatable bonds is 9. The van der Waals surface area contributed by atoms with Crippen molar-refractivity contribution in [3.8, 4) is 5.75 Å². The summed E-state index contributed by atoms with van der Waals surface area (Å²) in [4.78, 5) is 0. The molecule has 0 radical (unpaired) electrons. The molecule has 0 aromatic heterocycles. The van der Waals surface area contributed by atoms with E-state index in [1.165, 1.54) is 0 Å². The second-order valence-corrected chi connectivity index (χ2v) is 9.79. The highest BCUT2D eigenvalue weighted by molar-refractivity contribution is 5.41. The number of hydrogen-bond donors (Lipinski definition) is 2. The summed E-state index contributed by atoms with van der Waals surface area (Å²) in [5, 5.41) is 23.4. The van der Waals surface area contributed by atoms with Crippen molar-refractivity contribution in [1.29, 1.82) is 0 Å². The Morgan fingerprint density at radius 3 is 1.43 bits per heavy atom. The van der Waals surface area contributed by atoms with E-state index in [4.69, 9.17) is 4.74 Å². The number of hydrogen-bond acceptors (Lipinski definition) is 3. The van der Waals surface area contributed by atoms with Crippen molar-refractivity contribution < 1.29 is 14.9 Å². The van der Waals surface area contributed by atoms with Gasteiger partial charge in [0.2, 0.25) is 0 Å². The normalized spacial score (nSPS) is 13.0. The lowest BCUT2D eigenvalue weighted by Gasteiger charge is -2.40. The van der Waals surface area contributed by atoms with Crippen molar-refractivity contribution in [3.63, 3.8) is 0 Å². The largest absolute Gasteiger partial charge is 0.489 e. The number of benzene rings is 2. The van der Waals surface area contributed by atoms with Crippen LogP contribution in [0.2, 0.25) is 0 Å².